The maximum Gasteiger partial charge on any atom is 0.341 e. The lowest BCUT2D eigenvalue weighted by Gasteiger charge is -2.18. The van der Waals surface area contributed by atoms with Crippen LogP contribution in [0.2, 0.25) is 0 Å². The Balaban J connectivity index is 1.19. The molecule has 4 aromatic carbocycles. The maximum absolute atomic E-state index is 13.2. The predicted molar refractivity (Wildman–Crippen MR) is 161 cm³/mol. The summed E-state index contributed by atoms with van der Waals surface area (Å²) >= 11 is 1.03. The topological polar surface area (TPSA) is 113 Å². The van der Waals surface area contributed by atoms with Gasteiger partial charge in [0.15, 0.2) is 6.61 Å². The first kappa shape index (κ1) is 28.6. The number of hydrogen-bond donors (Lipinski definition) is 2. The van der Waals surface area contributed by atoms with Gasteiger partial charge in [-0.1, -0.05) is 78.5 Å². The van der Waals surface area contributed by atoms with Crippen LogP contribution in [0, 0.1) is 0 Å². The number of nitrogens with one attached hydrogen (secondary N) is 1. The standard InChI is InChI=1S/C33H28N2O6S/c1-35(32(39)26-11-9-23(10-12-26)24-13-15-28(16-14-24)41-20-30(36)37)19-22-3-2-4-27(17-22)25-7-5-21(6-8-25)18-29-31(38)34-33(40)42-29/h2-17,29H,18-20H2,1H3,(H,36,37)(H,34,38,40). The number of aliphatic carboxylic acids is 1. The molecule has 1 unspecified atom stereocenters. The lowest BCUT2D eigenvalue weighted by Crippen LogP contribution is -2.26. The molecule has 8 nitrogen and oxygen atoms in total. The molecule has 0 aromatic heterocycles. The van der Waals surface area contributed by atoms with Gasteiger partial charge in [-0.2, -0.15) is 0 Å². The quantitative estimate of drug-likeness (QED) is 0.249. The minimum absolute atomic E-state index is 0.0963. The van der Waals surface area contributed by atoms with E-state index in [0.29, 0.717) is 24.3 Å². The summed E-state index contributed by atoms with van der Waals surface area (Å²) in [5.41, 5.74) is 6.44. The Morgan fingerprint density at radius 1 is 0.833 bits per heavy atom. The van der Waals surface area contributed by atoms with Crippen LogP contribution in [0.1, 0.15) is 21.5 Å². The molecule has 3 amide bonds. The number of thioether (sulfide) groups is 1. The summed E-state index contributed by atoms with van der Waals surface area (Å²) in [7, 11) is 1.77. The zero-order valence-corrected chi connectivity index (χ0v) is 23.6. The highest BCUT2D eigenvalue weighted by Crippen LogP contribution is 2.27. The van der Waals surface area contributed by atoms with E-state index in [9.17, 15) is 19.2 Å². The van der Waals surface area contributed by atoms with Gasteiger partial charge >= 0.3 is 5.97 Å². The average molecular weight is 581 g/mol. The highest BCUT2D eigenvalue weighted by Gasteiger charge is 2.31. The Kier molecular flexibility index (Phi) is 8.68. The highest BCUT2D eigenvalue weighted by atomic mass is 32.2. The lowest BCUT2D eigenvalue weighted by atomic mass is 10.00. The molecule has 0 aliphatic carbocycles. The molecule has 0 saturated carbocycles. The third-order valence-electron chi connectivity index (χ3n) is 6.85. The highest BCUT2D eigenvalue weighted by molar-refractivity contribution is 8.15. The third kappa shape index (κ3) is 7.05. The largest absolute Gasteiger partial charge is 0.482 e. The fourth-order valence-corrected chi connectivity index (χ4v) is 5.54. The molecular formula is C33H28N2O6S. The Hall–Kier alpha value is -4.89. The molecule has 5 rings (SSSR count). The van der Waals surface area contributed by atoms with E-state index in [1.807, 2.05) is 66.7 Å². The van der Waals surface area contributed by atoms with Crippen molar-refractivity contribution in [2.45, 2.75) is 18.2 Å². The summed E-state index contributed by atoms with van der Waals surface area (Å²) in [5.74, 6) is -0.895. The molecule has 2 N–H and O–H groups in total. The maximum atomic E-state index is 13.2. The molecule has 9 heteroatoms. The minimum atomic E-state index is -1.03. The van der Waals surface area contributed by atoms with Gasteiger partial charge in [0.05, 0.1) is 5.25 Å². The lowest BCUT2D eigenvalue weighted by molar-refractivity contribution is -0.139. The summed E-state index contributed by atoms with van der Waals surface area (Å²) in [5, 5.41) is 10.4. The van der Waals surface area contributed by atoms with Crippen molar-refractivity contribution in [2.75, 3.05) is 13.7 Å². The number of nitrogens with zero attached hydrogens (tertiary/aromatic N) is 1. The predicted octanol–water partition coefficient (Wildman–Crippen LogP) is 5.65. The second-order valence-corrected chi connectivity index (χ2v) is 11.1. The molecule has 42 heavy (non-hydrogen) atoms. The fourth-order valence-electron chi connectivity index (χ4n) is 4.68. The average Bonchev–Trinajstić information content (AvgIpc) is 3.32. The summed E-state index contributed by atoms with van der Waals surface area (Å²) in [6.07, 6.45) is 0.492. The van der Waals surface area contributed by atoms with E-state index in [1.54, 1.807) is 36.2 Å². The van der Waals surface area contributed by atoms with E-state index in [0.717, 1.165) is 45.1 Å². The van der Waals surface area contributed by atoms with Crippen LogP contribution in [0.15, 0.2) is 97.1 Å². The van der Waals surface area contributed by atoms with Crippen LogP contribution in [0.5, 0.6) is 5.75 Å². The number of carboxylic acid groups (broad SMARTS) is 1. The van der Waals surface area contributed by atoms with Crippen molar-refractivity contribution in [3.8, 4) is 28.0 Å². The first-order valence-corrected chi connectivity index (χ1v) is 14.1. The molecule has 1 saturated heterocycles. The molecule has 1 heterocycles. The molecule has 1 fully saturated rings. The summed E-state index contributed by atoms with van der Waals surface area (Å²) in [6.45, 7) is 0.0419. The van der Waals surface area contributed by atoms with Gasteiger partial charge in [0, 0.05) is 19.2 Å². The van der Waals surface area contributed by atoms with Crippen LogP contribution in [0.3, 0.4) is 0 Å². The minimum Gasteiger partial charge on any atom is -0.482 e. The van der Waals surface area contributed by atoms with Crippen LogP contribution < -0.4 is 10.1 Å². The summed E-state index contributed by atoms with van der Waals surface area (Å²) < 4.78 is 5.18. The first-order chi connectivity index (χ1) is 20.2. The van der Waals surface area contributed by atoms with Crippen LogP contribution >= 0.6 is 11.8 Å². The van der Waals surface area contributed by atoms with Crippen LogP contribution in [-0.2, 0) is 22.6 Å². The molecule has 0 radical (unpaired) electrons. The second kappa shape index (κ2) is 12.7. The van der Waals surface area contributed by atoms with E-state index in [4.69, 9.17) is 9.84 Å². The first-order valence-electron chi connectivity index (χ1n) is 13.3. The van der Waals surface area contributed by atoms with E-state index in [1.165, 1.54) is 0 Å². The number of benzene rings is 4. The van der Waals surface area contributed by atoms with Crippen molar-refractivity contribution >= 4 is 34.8 Å². The van der Waals surface area contributed by atoms with Crippen LogP contribution in [0.25, 0.3) is 22.3 Å². The fraction of sp³-hybridized carbons (Fsp3) is 0.152. The Bertz CT molecular complexity index is 1620. The van der Waals surface area contributed by atoms with E-state index >= 15 is 0 Å². The molecule has 212 valence electrons. The molecule has 4 aromatic rings. The summed E-state index contributed by atoms with van der Waals surface area (Å²) in [4.78, 5) is 48.8. The number of carbonyl (C=O) groups excluding carboxylic acids is 3. The Morgan fingerprint density at radius 3 is 2.07 bits per heavy atom. The molecular weight excluding hydrogens is 552 g/mol. The smallest absolute Gasteiger partial charge is 0.341 e. The van der Waals surface area contributed by atoms with Gasteiger partial charge in [-0.25, -0.2) is 4.79 Å². The molecule has 1 atom stereocenters. The van der Waals surface area contributed by atoms with Gasteiger partial charge in [-0.3, -0.25) is 19.7 Å². The SMILES string of the molecule is CN(Cc1cccc(-c2ccc(CC3SC(=O)NC3=O)cc2)c1)C(=O)c1ccc(-c2ccc(OCC(=O)O)cc2)cc1. The monoisotopic (exact) mass is 580 g/mol. The van der Waals surface area contributed by atoms with Gasteiger partial charge in [0.2, 0.25) is 5.91 Å². The van der Waals surface area contributed by atoms with Crippen LogP contribution in [-0.4, -0.2) is 51.9 Å². The van der Waals surface area contributed by atoms with Crippen molar-refractivity contribution in [1.29, 1.82) is 0 Å². The molecule has 1 aliphatic heterocycles. The molecule has 0 bridgehead atoms. The Labute approximate surface area is 247 Å². The Morgan fingerprint density at radius 2 is 1.45 bits per heavy atom. The zero-order valence-electron chi connectivity index (χ0n) is 22.8. The van der Waals surface area contributed by atoms with Gasteiger partial charge in [-0.15, -0.1) is 0 Å². The summed E-state index contributed by atoms with van der Waals surface area (Å²) in [6, 6.07) is 30.5. The van der Waals surface area contributed by atoms with Gasteiger partial charge in [0.1, 0.15) is 5.75 Å². The van der Waals surface area contributed by atoms with Crippen molar-refractivity contribution in [3.63, 3.8) is 0 Å². The number of ether oxygens (including phenoxy) is 1. The van der Waals surface area contributed by atoms with Gasteiger partial charge in [0.25, 0.3) is 11.1 Å². The van der Waals surface area contributed by atoms with Crippen molar-refractivity contribution in [2.24, 2.45) is 0 Å². The number of amides is 3. The number of rotatable bonds is 10. The molecule has 0 spiro atoms. The van der Waals surface area contributed by atoms with E-state index in [-0.39, 0.29) is 17.1 Å². The van der Waals surface area contributed by atoms with Crippen molar-refractivity contribution in [3.05, 3.63) is 114 Å². The van der Waals surface area contributed by atoms with Crippen LogP contribution in [0.4, 0.5) is 4.79 Å². The number of imide groups is 1. The molecule has 1 aliphatic rings. The van der Waals surface area contributed by atoms with Crippen molar-refractivity contribution in [1.82, 2.24) is 10.2 Å². The normalized spacial score (nSPS) is 14.4. The number of hydrogen-bond acceptors (Lipinski definition) is 6. The zero-order chi connectivity index (χ0) is 29.6. The van der Waals surface area contributed by atoms with Gasteiger partial charge in [-0.05, 0) is 70.1 Å². The number of carbonyl (C=O) groups is 4. The van der Waals surface area contributed by atoms with Gasteiger partial charge < -0.3 is 14.7 Å². The third-order valence-corrected chi connectivity index (χ3v) is 7.83. The van der Waals surface area contributed by atoms with E-state index < -0.39 is 17.8 Å². The number of carboxylic acids is 1. The van der Waals surface area contributed by atoms with E-state index in [2.05, 4.69) is 11.4 Å². The second-order valence-electron chi connectivity index (χ2n) is 9.93. The van der Waals surface area contributed by atoms with Crippen molar-refractivity contribution < 1.29 is 29.0 Å².